The second kappa shape index (κ2) is 7.96. The first-order valence-corrected chi connectivity index (χ1v) is 10.0. The van der Waals surface area contributed by atoms with E-state index >= 15 is 0 Å². The number of amides is 1. The zero-order valence-electron chi connectivity index (χ0n) is 16.2. The maximum Gasteiger partial charge on any atom is 0.407 e. The van der Waals surface area contributed by atoms with E-state index in [1.54, 1.807) is 6.20 Å². The lowest BCUT2D eigenvalue weighted by Crippen LogP contribution is -2.41. The first kappa shape index (κ1) is 20.7. The van der Waals surface area contributed by atoms with Gasteiger partial charge in [-0.1, -0.05) is 10.5 Å². The molecule has 2 rings (SSSR count). The first-order valence-electron chi connectivity index (χ1n) is 8.92. The molecule has 1 aliphatic rings. The summed E-state index contributed by atoms with van der Waals surface area (Å²) in [6, 6.07) is 5.61. The van der Waals surface area contributed by atoms with E-state index in [1.165, 1.54) is 4.90 Å². The highest BCUT2D eigenvalue weighted by atomic mass is 32.2. The highest BCUT2D eigenvalue weighted by Gasteiger charge is 2.41. The van der Waals surface area contributed by atoms with Crippen LogP contribution in [0.25, 0.3) is 0 Å². The van der Waals surface area contributed by atoms with Crippen molar-refractivity contribution in [3.8, 4) is 0 Å². The number of carbonyl (C=O) groups is 1. The standard InChI is InChI=1S/C19H29N3O3S/c1-18(2,3)26(25)21-16(15-8-6-7-11-20-15)10-9-14-12-19(4,5)22(13-14)17(23)24/h6-8,11,14H,9-10,12-13H2,1-5H3,(H,23,24)/b21-16+/t14-,26?/m0/s1. The van der Waals surface area contributed by atoms with Gasteiger partial charge in [-0.3, -0.25) is 4.98 Å². The van der Waals surface area contributed by atoms with Crippen LogP contribution in [0.3, 0.4) is 0 Å². The zero-order valence-corrected chi connectivity index (χ0v) is 17.0. The largest absolute Gasteiger partial charge is 0.591 e. The van der Waals surface area contributed by atoms with Crippen molar-refractivity contribution < 1.29 is 14.5 Å². The Kier molecular flexibility index (Phi) is 6.34. The number of hydrogen-bond acceptors (Lipinski definition) is 4. The normalized spacial score (nSPS) is 21.7. The lowest BCUT2D eigenvalue weighted by molar-refractivity contribution is 0.117. The molecule has 0 saturated carbocycles. The Bertz CT molecular complexity index is 656. The van der Waals surface area contributed by atoms with Gasteiger partial charge < -0.3 is 14.6 Å². The van der Waals surface area contributed by atoms with E-state index in [-0.39, 0.29) is 11.5 Å². The van der Waals surface area contributed by atoms with Gasteiger partial charge in [0, 0.05) is 18.3 Å². The number of carboxylic acid groups (broad SMARTS) is 1. The topological polar surface area (TPSA) is 88.9 Å². The van der Waals surface area contributed by atoms with Crippen molar-refractivity contribution in [2.75, 3.05) is 6.54 Å². The summed E-state index contributed by atoms with van der Waals surface area (Å²) in [5.41, 5.74) is 1.11. The average Bonchev–Trinajstić information content (AvgIpc) is 2.86. The molecule has 144 valence electrons. The molecule has 0 spiro atoms. The third kappa shape index (κ3) is 5.20. The molecule has 1 aliphatic heterocycles. The van der Waals surface area contributed by atoms with Gasteiger partial charge in [-0.15, -0.1) is 0 Å². The van der Waals surface area contributed by atoms with Gasteiger partial charge >= 0.3 is 6.09 Å². The highest BCUT2D eigenvalue weighted by Crippen LogP contribution is 2.35. The zero-order chi connectivity index (χ0) is 19.5. The third-order valence-corrected chi connectivity index (χ3v) is 6.09. The van der Waals surface area contributed by atoms with Crippen LogP contribution in [-0.2, 0) is 11.4 Å². The molecule has 26 heavy (non-hydrogen) atoms. The molecule has 1 saturated heterocycles. The molecule has 1 amide bonds. The van der Waals surface area contributed by atoms with Crippen LogP contribution in [0.1, 0.15) is 59.6 Å². The quantitative estimate of drug-likeness (QED) is 0.621. The minimum atomic E-state index is -1.36. The Morgan fingerprint density at radius 1 is 1.46 bits per heavy atom. The third-order valence-electron chi connectivity index (χ3n) is 4.66. The van der Waals surface area contributed by atoms with Crippen molar-refractivity contribution in [2.45, 2.75) is 64.2 Å². The van der Waals surface area contributed by atoms with Gasteiger partial charge in [0.25, 0.3) is 0 Å². The fraction of sp³-hybridized carbons (Fsp3) is 0.632. The van der Waals surface area contributed by atoms with Crippen LogP contribution >= 0.6 is 0 Å². The smallest absolute Gasteiger partial charge is 0.407 e. The first-order chi connectivity index (χ1) is 12.0. The van der Waals surface area contributed by atoms with E-state index in [0.717, 1.165) is 24.2 Å². The van der Waals surface area contributed by atoms with Crippen LogP contribution in [0.5, 0.6) is 0 Å². The van der Waals surface area contributed by atoms with Crippen molar-refractivity contribution in [2.24, 2.45) is 10.3 Å². The Balaban J connectivity index is 2.14. The van der Waals surface area contributed by atoms with Crippen molar-refractivity contribution in [3.63, 3.8) is 0 Å². The Hall–Kier alpha value is -1.60. The van der Waals surface area contributed by atoms with E-state index in [0.29, 0.717) is 13.0 Å². The van der Waals surface area contributed by atoms with E-state index in [2.05, 4.69) is 9.38 Å². The van der Waals surface area contributed by atoms with Gasteiger partial charge in [-0.05, 0) is 71.9 Å². The van der Waals surface area contributed by atoms with Crippen molar-refractivity contribution >= 4 is 23.2 Å². The van der Waals surface area contributed by atoms with Crippen LogP contribution in [0, 0.1) is 5.92 Å². The van der Waals surface area contributed by atoms with Crippen LogP contribution < -0.4 is 0 Å². The summed E-state index contributed by atoms with van der Waals surface area (Å²) in [6.07, 6.45) is 3.08. The SMILES string of the molecule is CC1(C)C[C@H](CC/C(=N\[S+]([O-])C(C)(C)C)c2ccccn2)CN1C(=O)O. The van der Waals surface area contributed by atoms with Crippen LogP contribution in [0.2, 0.25) is 0 Å². The van der Waals surface area contributed by atoms with Gasteiger partial charge in [0.15, 0.2) is 0 Å². The molecule has 7 heteroatoms. The molecule has 0 bridgehead atoms. The minimum absolute atomic E-state index is 0.262. The maximum atomic E-state index is 12.5. The average molecular weight is 380 g/mol. The number of nitrogens with zero attached hydrogens (tertiary/aromatic N) is 3. The Morgan fingerprint density at radius 2 is 2.15 bits per heavy atom. The highest BCUT2D eigenvalue weighted by molar-refractivity contribution is 7.91. The van der Waals surface area contributed by atoms with E-state index in [9.17, 15) is 14.5 Å². The van der Waals surface area contributed by atoms with Gasteiger partial charge in [0.2, 0.25) is 0 Å². The molecule has 6 nitrogen and oxygen atoms in total. The van der Waals surface area contributed by atoms with Gasteiger partial charge in [-0.2, -0.15) is 0 Å². The number of pyridine rings is 1. The summed E-state index contributed by atoms with van der Waals surface area (Å²) in [5, 5.41) is 9.38. The molecule has 0 aromatic carbocycles. The molecule has 1 unspecified atom stereocenters. The fourth-order valence-electron chi connectivity index (χ4n) is 3.25. The number of hydrogen-bond donors (Lipinski definition) is 1. The Morgan fingerprint density at radius 3 is 2.65 bits per heavy atom. The van der Waals surface area contributed by atoms with E-state index < -0.39 is 22.2 Å². The van der Waals surface area contributed by atoms with Gasteiger partial charge in [-0.25, -0.2) is 4.79 Å². The molecular formula is C19H29N3O3S. The second-order valence-electron chi connectivity index (χ2n) is 8.43. The van der Waals surface area contributed by atoms with Crippen molar-refractivity contribution in [1.29, 1.82) is 0 Å². The summed E-state index contributed by atoms with van der Waals surface area (Å²) in [6.45, 7) is 10.1. The predicted molar refractivity (Wildman–Crippen MR) is 105 cm³/mol. The predicted octanol–water partition coefficient (Wildman–Crippen LogP) is 3.89. The molecular weight excluding hydrogens is 350 g/mol. The lowest BCUT2D eigenvalue weighted by atomic mass is 9.92. The summed E-state index contributed by atoms with van der Waals surface area (Å²) < 4.78 is 16.5. The molecule has 1 fully saturated rings. The van der Waals surface area contributed by atoms with Crippen LogP contribution in [-0.4, -0.2) is 48.2 Å². The van der Waals surface area contributed by atoms with Gasteiger partial charge in [0.1, 0.15) is 21.8 Å². The summed E-state index contributed by atoms with van der Waals surface area (Å²) in [5.74, 6) is 0.262. The van der Waals surface area contributed by atoms with Crippen molar-refractivity contribution in [1.82, 2.24) is 9.88 Å². The number of likely N-dealkylation sites (tertiary alicyclic amines) is 1. The van der Waals surface area contributed by atoms with Crippen LogP contribution in [0.4, 0.5) is 4.79 Å². The summed E-state index contributed by atoms with van der Waals surface area (Å²) in [4.78, 5) is 17.3. The molecule has 2 atom stereocenters. The molecule has 2 heterocycles. The van der Waals surface area contributed by atoms with Crippen molar-refractivity contribution in [3.05, 3.63) is 30.1 Å². The minimum Gasteiger partial charge on any atom is -0.591 e. The fourth-order valence-corrected chi connectivity index (χ4v) is 3.91. The molecule has 1 aromatic rings. The monoisotopic (exact) mass is 379 g/mol. The number of rotatable bonds is 5. The van der Waals surface area contributed by atoms with Crippen LogP contribution in [0.15, 0.2) is 28.8 Å². The second-order valence-corrected chi connectivity index (χ2v) is 10.3. The molecule has 1 aromatic heterocycles. The molecule has 0 radical (unpaired) electrons. The molecule has 1 N–H and O–H groups in total. The maximum absolute atomic E-state index is 12.5. The summed E-state index contributed by atoms with van der Waals surface area (Å²) >= 11 is -1.36. The van der Waals surface area contributed by atoms with Gasteiger partial charge in [0.05, 0.1) is 5.69 Å². The summed E-state index contributed by atoms with van der Waals surface area (Å²) in [7, 11) is 0. The number of aromatic nitrogens is 1. The van der Waals surface area contributed by atoms with E-state index in [4.69, 9.17) is 0 Å². The lowest BCUT2D eigenvalue weighted by Gasteiger charge is -2.28. The Labute approximate surface area is 159 Å². The van der Waals surface area contributed by atoms with E-state index in [1.807, 2.05) is 52.8 Å². The molecule has 0 aliphatic carbocycles.